The fourth-order valence-electron chi connectivity index (χ4n) is 3.00. The zero-order chi connectivity index (χ0) is 16.6. The van der Waals surface area contributed by atoms with E-state index in [0.29, 0.717) is 54.1 Å². The number of carboxylic acids is 1. The number of hydrogen-bond donors (Lipinski definition) is 1. The minimum Gasteiger partial charge on any atom is -0.486 e. The number of fused-ring (bicyclic) bond motifs is 1. The fourth-order valence-corrected chi connectivity index (χ4v) is 3.56. The Bertz CT molecular complexity index is 662. The fraction of sp³-hybridized carbons (Fsp3) is 0.500. The molecule has 0 aliphatic carbocycles. The van der Waals surface area contributed by atoms with Crippen molar-refractivity contribution >= 4 is 27.8 Å². The van der Waals surface area contributed by atoms with Crippen molar-refractivity contribution < 1.29 is 24.2 Å². The van der Waals surface area contributed by atoms with Crippen molar-refractivity contribution in [3.8, 4) is 11.5 Å². The van der Waals surface area contributed by atoms with Gasteiger partial charge in [0.05, 0.1) is 9.89 Å². The first-order chi connectivity index (χ1) is 10.9. The molecular formula is C16H18BrNO5. The van der Waals surface area contributed by atoms with Gasteiger partial charge in [0.1, 0.15) is 13.2 Å². The lowest BCUT2D eigenvalue weighted by atomic mass is 9.82. The number of carbonyl (C=O) groups excluding carboxylic acids is 1. The summed E-state index contributed by atoms with van der Waals surface area (Å²) >= 11 is 3.40. The summed E-state index contributed by atoms with van der Waals surface area (Å²) in [6.07, 6.45) is 1.26. The topological polar surface area (TPSA) is 76.1 Å². The first-order valence-corrected chi connectivity index (χ1v) is 8.32. The zero-order valence-corrected chi connectivity index (χ0v) is 14.4. The van der Waals surface area contributed by atoms with Crippen molar-refractivity contribution in [2.45, 2.75) is 19.8 Å². The molecule has 1 N–H and O–H groups in total. The predicted octanol–water partition coefficient (Wildman–Crippen LogP) is 2.55. The Balaban J connectivity index is 1.86. The Morgan fingerprint density at radius 1 is 1.30 bits per heavy atom. The minimum atomic E-state index is -0.890. The first kappa shape index (κ1) is 16.1. The van der Waals surface area contributed by atoms with Crippen molar-refractivity contribution in [3.63, 3.8) is 0 Å². The summed E-state index contributed by atoms with van der Waals surface area (Å²) in [6.45, 7) is 3.38. The third-order valence-corrected chi connectivity index (χ3v) is 4.93. The molecule has 2 aliphatic rings. The van der Waals surface area contributed by atoms with Crippen LogP contribution >= 0.6 is 15.9 Å². The van der Waals surface area contributed by atoms with Crippen LogP contribution in [-0.2, 0) is 4.79 Å². The number of nitrogens with zero attached hydrogens (tertiary/aromatic N) is 1. The highest BCUT2D eigenvalue weighted by molar-refractivity contribution is 9.10. The molecule has 1 fully saturated rings. The lowest BCUT2D eigenvalue weighted by molar-refractivity contribution is -0.150. The standard InChI is InChI=1S/C16H18BrNO5/c1-16(15(20)21)3-2-4-18(9-16)14(19)10-7-11(17)13-12(8-10)22-5-6-23-13/h7-8H,2-6,9H2,1H3,(H,20,21). The van der Waals surface area contributed by atoms with E-state index in [9.17, 15) is 14.7 Å². The molecule has 7 heteroatoms. The highest BCUT2D eigenvalue weighted by Gasteiger charge is 2.39. The van der Waals surface area contributed by atoms with Crippen LogP contribution < -0.4 is 9.47 Å². The molecule has 3 rings (SSSR count). The number of ether oxygens (including phenoxy) is 2. The van der Waals surface area contributed by atoms with Gasteiger partial charge in [-0.3, -0.25) is 9.59 Å². The van der Waals surface area contributed by atoms with E-state index < -0.39 is 11.4 Å². The maximum absolute atomic E-state index is 12.8. The van der Waals surface area contributed by atoms with Gasteiger partial charge in [0.15, 0.2) is 11.5 Å². The minimum absolute atomic E-state index is 0.185. The smallest absolute Gasteiger partial charge is 0.311 e. The predicted molar refractivity (Wildman–Crippen MR) is 86.0 cm³/mol. The molecule has 2 aliphatic heterocycles. The molecule has 1 unspecified atom stereocenters. The van der Waals surface area contributed by atoms with Crippen LogP contribution in [0.25, 0.3) is 0 Å². The SMILES string of the molecule is CC1(C(=O)O)CCCN(C(=O)c2cc(Br)c3c(c2)OCCO3)C1. The monoisotopic (exact) mass is 383 g/mol. The van der Waals surface area contributed by atoms with Gasteiger partial charge in [0, 0.05) is 18.7 Å². The van der Waals surface area contributed by atoms with Crippen LogP contribution in [0.4, 0.5) is 0 Å². The third kappa shape index (κ3) is 3.02. The van der Waals surface area contributed by atoms with E-state index in [2.05, 4.69) is 15.9 Å². The van der Waals surface area contributed by atoms with E-state index in [0.717, 1.165) is 0 Å². The summed E-state index contributed by atoms with van der Waals surface area (Å²) in [6, 6.07) is 3.36. The summed E-state index contributed by atoms with van der Waals surface area (Å²) in [5, 5.41) is 9.39. The number of hydrogen-bond acceptors (Lipinski definition) is 4. The van der Waals surface area contributed by atoms with Crippen LogP contribution in [0.5, 0.6) is 11.5 Å². The number of aliphatic carboxylic acids is 1. The van der Waals surface area contributed by atoms with Gasteiger partial charge >= 0.3 is 5.97 Å². The Labute approximate surface area is 142 Å². The first-order valence-electron chi connectivity index (χ1n) is 7.52. The Hall–Kier alpha value is -1.76. The molecular weight excluding hydrogens is 366 g/mol. The van der Waals surface area contributed by atoms with Crippen LogP contribution in [0.15, 0.2) is 16.6 Å². The molecule has 23 heavy (non-hydrogen) atoms. The lowest BCUT2D eigenvalue weighted by Crippen LogP contribution is -2.48. The summed E-state index contributed by atoms with van der Waals surface area (Å²) in [5.41, 5.74) is -0.422. The number of rotatable bonds is 2. The number of halogens is 1. The zero-order valence-electron chi connectivity index (χ0n) is 12.8. The molecule has 1 aromatic rings. The van der Waals surface area contributed by atoms with Crippen molar-refractivity contribution in [2.24, 2.45) is 5.41 Å². The molecule has 1 aromatic carbocycles. The van der Waals surface area contributed by atoms with Crippen LogP contribution in [0, 0.1) is 5.41 Å². The lowest BCUT2D eigenvalue weighted by Gasteiger charge is -2.37. The van der Waals surface area contributed by atoms with Gasteiger partial charge in [0.2, 0.25) is 0 Å². The van der Waals surface area contributed by atoms with E-state index in [-0.39, 0.29) is 12.5 Å². The van der Waals surface area contributed by atoms with Gasteiger partial charge in [-0.05, 0) is 47.8 Å². The second kappa shape index (κ2) is 6.03. The van der Waals surface area contributed by atoms with Crippen molar-refractivity contribution in [3.05, 3.63) is 22.2 Å². The molecule has 0 bridgehead atoms. The number of piperidine rings is 1. The molecule has 0 spiro atoms. The van der Waals surface area contributed by atoms with E-state index in [1.807, 2.05) is 0 Å². The normalized spacial score (nSPS) is 23.5. The van der Waals surface area contributed by atoms with Crippen LogP contribution in [0.3, 0.4) is 0 Å². The van der Waals surface area contributed by atoms with E-state index in [1.54, 1.807) is 24.0 Å². The summed E-state index contributed by atoms with van der Waals surface area (Å²) in [4.78, 5) is 25.8. The van der Waals surface area contributed by atoms with E-state index in [4.69, 9.17) is 9.47 Å². The number of benzene rings is 1. The second-order valence-corrected chi connectivity index (χ2v) is 7.03. The van der Waals surface area contributed by atoms with Gasteiger partial charge in [-0.25, -0.2) is 0 Å². The Morgan fingerprint density at radius 3 is 2.78 bits per heavy atom. The van der Waals surface area contributed by atoms with Gasteiger partial charge in [0.25, 0.3) is 5.91 Å². The van der Waals surface area contributed by atoms with Crippen LogP contribution in [0.1, 0.15) is 30.1 Å². The maximum atomic E-state index is 12.8. The third-order valence-electron chi connectivity index (χ3n) is 4.34. The van der Waals surface area contributed by atoms with Crippen LogP contribution in [-0.4, -0.2) is 48.2 Å². The number of carbonyl (C=O) groups is 2. The number of likely N-dealkylation sites (tertiary alicyclic amines) is 1. The molecule has 0 radical (unpaired) electrons. The average Bonchev–Trinajstić information content (AvgIpc) is 2.54. The summed E-state index contributed by atoms with van der Waals surface area (Å²) in [5.74, 6) is 0.0852. The van der Waals surface area contributed by atoms with Crippen molar-refractivity contribution in [1.82, 2.24) is 4.90 Å². The van der Waals surface area contributed by atoms with Crippen molar-refractivity contribution in [2.75, 3.05) is 26.3 Å². The quantitative estimate of drug-likeness (QED) is 0.848. The van der Waals surface area contributed by atoms with E-state index >= 15 is 0 Å². The molecule has 0 saturated carbocycles. The Morgan fingerprint density at radius 2 is 2.04 bits per heavy atom. The highest BCUT2D eigenvalue weighted by Crippen LogP contribution is 2.39. The molecule has 6 nitrogen and oxygen atoms in total. The number of amides is 1. The Kier molecular flexibility index (Phi) is 4.23. The maximum Gasteiger partial charge on any atom is 0.311 e. The van der Waals surface area contributed by atoms with Gasteiger partial charge in [-0.2, -0.15) is 0 Å². The van der Waals surface area contributed by atoms with Crippen molar-refractivity contribution in [1.29, 1.82) is 0 Å². The molecule has 0 aromatic heterocycles. The van der Waals surface area contributed by atoms with Crippen LogP contribution in [0.2, 0.25) is 0 Å². The molecule has 1 amide bonds. The largest absolute Gasteiger partial charge is 0.486 e. The molecule has 2 heterocycles. The molecule has 1 saturated heterocycles. The highest BCUT2D eigenvalue weighted by atomic mass is 79.9. The molecule has 1 atom stereocenters. The summed E-state index contributed by atoms with van der Waals surface area (Å²) in [7, 11) is 0. The van der Waals surface area contributed by atoms with Gasteiger partial charge < -0.3 is 19.5 Å². The van der Waals surface area contributed by atoms with E-state index in [1.165, 1.54) is 0 Å². The second-order valence-electron chi connectivity index (χ2n) is 6.18. The molecule has 124 valence electrons. The summed E-state index contributed by atoms with van der Waals surface area (Å²) < 4.78 is 11.7. The van der Waals surface area contributed by atoms with Gasteiger partial charge in [-0.15, -0.1) is 0 Å². The average molecular weight is 384 g/mol. The van der Waals surface area contributed by atoms with Gasteiger partial charge in [-0.1, -0.05) is 0 Å². The number of carboxylic acid groups (broad SMARTS) is 1.